The van der Waals surface area contributed by atoms with Crippen LogP contribution in [0.1, 0.15) is 29.4 Å². The Morgan fingerprint density at radius 1 is 1.59 bits per heavy atom. The highest BCUT2D eigenvalue weighted by Gasteiger charge is 2.10. The van der Waals surface area contributed by atoms with Gasteiger partial charge < -0.3 is 16.0 Å². The molecule has 5 heteroatoms. The Kier molecular flexibility index (Phi) is 4.90. The number of carbonyl (C=O) groups is 1. The Morgan fingerprint density at radius 3 is 2.88 bits per heavy atom. The molecule has 1 unspecified atom stereocenters. The van der Waals surface area contributed by atoms with Gasteiger partial charge in [-0.05, 0) is 25.8 Å². The molecular weight excluding hydrogens is 218 g/mol. The Labute approximate surface area is 100 Å². The van der Waals surface area contributed by atoms with Crippen LogP contribution in [-0.4, -0.2) is 24.0 Å². The van der Waals surface area contributed by atoms with Crippen LogP contribution >= 0.6 is 0 Å². The zero-order chi connectivity index (χ0) is 12.8. The van der Waals surface area contributed by atoms with Crippen LogP contribution in [0.3, 0.4) is 0 Å². The second-order valence-electron chi connectivity index (χ2n) is 4.29. The number of amides is 1. The summed E-state index contributed by atoms with van der Waals surface area (Å²) >= 11 is 0. The van der Waals surface area contributed by atoms with Crippen LogP contribution < -0.4 is 16.5 Å². The fraction of sp³-hybridized carbons (Fsp3) is 0.500. The smallest absolute Gasteiger partial charge is 0.256 e. The van der Waals surface area contributed by atoms with Crippen molar-refractivity contribution in [3.05, 3.63) is 33.7 Å². The molecule has 0 aliphatic heterocycles. The van der Waals surface area contributed by atoms with E-state index in [4.69, 9.17) is 5.73 Å². The van der Waals surface area contributed by atoms with Crippen molar-refractivity contribution in [1.29, 1.82) is 0 Å². The molecule has 0 radical (unpaired) electrons. The molecule has 1 amide bonds. The monoisotopic (exact) mass is 237 g/mol. The quantitative estimate of drug-likeness (QED) is 0.692. The summed E-state index contributed by atoms with van der Waals surface area (Å²) < 4.78 is 0. The summed E-state index contributed by atoms with van der Waals surface area (Å²) in [5.41, 5.74) is 6.05. The van der Waals surface area contributed by atoms with E-state index in [0.717, 1.165) is 12.1 Å². The van der Waals surface area contributed by atoms with Gasteiger partial charge >= 0.3 is 0 Å². The number of hydrogen-bond acceptors (Lipinski definition) is 3. The first-order chi connectivity index (χ1) is 8.04. The van der Waals surface area contributed by atoms with Crippen molar-refractivity contribution in [1.82, 2.24) is 10.3 Å². The number of aryl methyl sites for hydroxylation is 1. The first-order valence-corrected chi connectivity index (χ1v) is 5.72. The predicted octanol–water partition coefficient (Wildman–Crippen LogP) is 0.398. The number of aromatic nitrogens is 1. The molecule has 94 valence electrons. The highest BCUT2D eigenvalue weighted by molar-refractivity contribution is 5.93. The average molecular weight is 237 g/mol. The van der Waals surface area contributed by atoms with E-state index in [9.17, 15) is 9.59 Å². The molecule has 5 nitrogen and oxygen atoms in total. The lowest BCUT2D eigenvalue weighted by atomic mass is 10.1. The molecule has 17 heavy (non-hydrogen) atoms. The van der Waals surface area contributed by atoms with Gasteiger partial charge in [0.1, 0.15) is 5.56 Å². The lowest BCUT2D eigenvalue weighted by molar-refractivity contribution is 0.0946. The van der Waals surface area contributed by atoms with E-state index in [2.05, 4.69) is 10.3 Å². The summed E-state index contributed by atoms with van der Waals surface area (Å²) in [5, 5.41) is 2.73. The van der Waals surface area contributed by atoms with Crippen LogP contribution in [0.2, 0.25) is 0 Å². The molecular formula is C12H19N3O2. The molecule has 0 aliphatic carbocycles. The van der Waals surface area contributed by atoms with Gasteiger partial charge in [-0.1, -0.05) is 6.92 Å². The van der Waals surface area contributed by atoms with Crippen LogP contribution in [0.25, 0.3) is 0 Å². The van der Waals surface area contributed by atoms with Crippen LogP contribution in [0, 0.1) is 12.8 Å². The highest BCUT2D eigenvalue weighted by atomic mass is 16.2. The summed E-state index contributed by atoms with van der Waals surface area (Å²) in [5.74, 6) is -0.0244. The van der Waals surface area contributed by atoms with Crippen molar-refractivity contribution in [3.8, 4) is 0 Å². The van der Waals surface area contributed by atoms with Gasteiger partial charge in [-0.2, -0.15) is 0 Å². The molecule has 1 atom stereocenters. The Balaban J connectivity index is 2.61. The Morgan fingerprint density at radius 2 is 2.29 bits per heavy atom. The van der Waals surface area contributed by atoms with Gasteiger partial charge in [0.15, 0.2) is 5.43 Å². The predicted molar refractivity (Wildman–Crippen MR) is 67.0 cm³/mol. The largest absolute Gasteiger partial charge is 0.364 e. The maximum Gasteiger partial charge on any atom is 0.256 e. The summed E-state index contributed by atoms with van der Waals surface area (Å²) in [4.78, 5) is 26.1. The van der Waals surface area contributed by atoms with Gasteiger partial charge in [-0.25, -0.2) is 0 Å². The fourth-order valence-corrected chi connectivity index (χ4v) is 1.50. The summed E-state index contributed by atoms with van der Waals surface area (Å²) in [6.45, 7) is 4.91. The van der Waals surface area contributed by atoms with E-state index in [1.54, 1.807) is 6.92 Å². The van der Waals surface area contributed by atoms with Crippen LogP contribution in [0.5, 0.6) is 0 Å². The second kappa shape index (κ2) is 6.20. The highest BCUT2D eigenvalue weighted by Crippen LogP contribution is 1.98. The Bertz CT molecular complexity index is 440. The molecule has 0 spiro atoms. The number of rotatable bonds is 5. The minimum atomic E-state index is -0.338. The molecule has 0 saturated carbocycles. The lowest BCUT2D eigenvalue weighted by Crippen LogP contribution is -2.32. The number of pyridine rings is 1. The molecule has 4 N–H and O–H groups in total. The molecule has 1 rings (SSSR count). The van der Waals surface area contributed by atoms with E-state index in [1.807, 2.05) is 6.92 Å². The number of nitrogens with two attached hydrogens (primary N) is 1. The van der Waals surface area contributed by atoms with Crippen LogP contribution in [0.15, 0.2) is 17.1 Å². The maximum absolute atomic E-state index is 11.7. The van der Waals surface area contributed by atoms with Crippen LogP contribution in [-0.2, 0) is 0 Å². The van der Waals surface area contributed by atoms with Gasteiger partial charge in [0.25, 0.3) is 5.91 Å². The van der Waals surface area contributed by atoms with Crippen molar-refractivity contribution in [2.45, 2.75) is 20.3 Å². The minimum absolute atomic E-state index is 0.149. The lowest BCUT2D eigenvalue weighted by Gasteiger charge is -2.11. The maximum atomic E-state index is 11.7. The second-order valence-corrected chi connectivity index (χ2v) is 4.29. The number of H-pyrrole nitrogens is 1. The topological polar surface area (TPSA) is 88.0 Å². The SMILES string of the molecule is Cc1cc(=O)c(C(=O)NCC(C)CCN)c[nH]1. The zero-order valence-corrected chi connectivity index (χ0v) is 10.2. The van der Waals surface area contributed by atoms with Gasteiger partial charge in [0.2, 0.25) is 0 Å². The molecule has 1 heterocycles. The number of carbonyl (C=O) groups excluding carboxylic acids is 1. The van der Waals surface area contributed by atoms with E-state index < -0.39 is 0 Å². The van der Waals surface area contributed by atoms with Crippen molar-refractivity contribution in [3.63, 3.8) is 0 Å². The summed E-state index contributed by atoms with van der Waals surface area (Å²) in [7, 11) is 0. The van der Waals surface area contributed by atoms with Crippen molar-refractivity contribution >= 4 is 5.91 Å². The van der Waals surface area contributed by atoms with Crippen LogP contribution in [0.4, 0.5) is 0 Å². The van der Waals surface area contributed by atoms with E-state index >= 15 is 0 Å². The third-order valence-electron chi connectivity index (χ3n) is 2.57. The van der Waals surface area contributed by atoms with Gasteiger partial charge in [-0.15, -0.1) is 0 Å². The standard InChI is InChI=1S/C12H19N3O2/c1-8(3-4-13)6-15-12(17)10-7-14-9(2)5-11(10)16/h5,7-8H,3-4,6,13H2,1-2H3,(H,14,16)(H,15,17). The number of hydrogen-bond donors (Lipinski definition) is 3. The molecule has 1 aromatic heterocycles. The average Bonchev–Trinajstić information content (AvgIpc) is 2.26. The molecule has 0 saturated heterocycles. The van der Waals surface area contributed by atoms with Gasteiger partial charge in [0.05, 0.1) is 0 Å². The number of nitrogens with one attached hydrogen (secondary N) is 2. The normalized spacial score (nSPS) is 12.2. The Hall–Kier alpha value is -1.62. The summed E-state index contributed by atoms with van der Waals surface area (Å²) in [6, 6.07) is 1.41. The first-order valence-electron chi connectivity index (χ1n) is 5.72. The third-order valence-corrected chi connectivity index (χ3v) is 2.57. The number of aromatic amines is 1. The fourth-order valence-electron chi connectivity index (χ4n) is 1.50. The van der Waals surface area contributed by atoms with E-state index in [0.29, 0.717) is 19.0 Å². The van der Waals surface area contributed by atoms with E-state index in [1.165, 1.54) is 12.3 Å². The molecule has 0 aliphatic rings. The van der Waals surface area contributed by atoms with Crippen molar-refractivity contribution in [2.75, 3.05) is 13.1 Å². The first kappa shape index (κ1) is 13.4. The van der Waals surface area contributed by atoms with Gasteiger partial charge in [0, 0.05) is 24.5 Å². The molecule has 0 aromatic carbocycles. The molecule has 0 fully saturated rings. The van der Waals surface area contributed by atoms with Crippen molar-refractivity contribution < 1.29 is 4.79 Å². The molecule has 0 bridgehead atoms. The third kappa shape index (κ3) is 4.03. The minimum Gasteiger partial charge on any atom is -0.364 e. The molecule has 1 aromatic rings. The van der Waals surface area contributed by atoms with Gasteiger partial charge in [-0.3, -0.25) is 9.59 Å². The zero-order valence-electron chi connectivity index (χ0n) is 10.2. The van der Waals surface area contributed by atoms with E-state index in [-0.39, 0.29) is 16.9 Å². The van der Waals surface area contributed by atoms with Crippen molar-refractivity contribution in [2.24, 2.45) is 11.7 Å². The summed E-state index contributed by atoms with van der Waals surface area (Å²) in [6.07, 6.45) is 2.30.